The molecule has 0 aliphatic carbocycles. The molecule has 0 aliphatic heterocycles. The van der Waals surface area contributed by atoms with Crippen molar-refractivity contribution in [2.75, 3.05) is 0 Å². The highest BCUT2D eigenvalue weighted by Crippen LogP contribution is 2.19. The minimum Gasteiger partial charge on any atom is -0.207 e. The van der Waals surface area contributed by atoms with Crippen LogP contribution in [0.3, 0.4) is 0 Å². The van der Waals surface area contributed by atoms with E-state index in [2.05, 4.69) is 22.1 Å². The molecular formula is C23H17F3N2. The number of hydrogen-bond donors (Lipinski definition) is 0. The largest absolute Gasteiger partial charge is 0.207 e. The van der Waals surface area contributed by atoms with Gasteiger partial charge in [-0.1, -0.05) is 25.2 Å². The third kappa shape index (κ3) is 5.08. The lowest BCUT2D eigenvalue weighted by Crippen LogP contribution is -1.94. The summed E-state index contributed by atoms with van der Waals surface area (Å²) in [4.78, 5) is 0. The van der Waals surface area contributed by atoms with Crippen LogP contribution >= 0.6 is 0 Å². The van der Waals surface area contributed by atoms with Crippen LogP contribution in [0.4, 0.5) is 24.5 Å². The van der Waals surface area contributed by atoms with Gasteiger partial charge in [-0.3, -0.25) is 0 Å². The van der Waals surface area contributed by atoms with Gasteiger partial charge in [-0.15, -0.1) is 0 Å². The highest BCUT2D eigenvalue weighted by atomic mass is 19.1. The number of benzene rings is 3. The Morgan fingerprint density at radius 3 is 1.82 bits per heavy atom. The van der Waals surface area contributed by atoms with Crippen molar-refractivity contribution in [1.29, 1.82) is 0 Å². The molecule has 28 heavy (non-hydrogen) atoms. The van der Waals surface area contributed by atoms with Gasteiger partial charge in [-0.05, 0) is 72.6 Å². The summed E-state index contributed by atoms with van der Waals surface area (Å²) in [7, 11) is 0. The predicted molar refractivity (Wildman–Crippen MR) is 103 cm³/mol. The average Bonchev–Trinajstić information content (AvgIpc) is 2.68. The Morgan fingerprint density at radius 2 is 1.29 bits per heavy atom. The maximum absolute atomic E-state index is 14.1. The first-order chi connectivity index (χ1) is 13.5. The van der Waals surface area contributed by atoms with Crippen molar-refractivity contribution < 1.29 is 13.2 Å². The van der Waals surface area contributed by atoms with Crippen LogP contribution < -0.4 is 0 Å². The Hall–Kier alpha value is -3.39. The van der Waals surface area contributed by atoms with Crippen molar-refractivity contribution >= 4 is 11.4 Å². The second-order valence-corrected chi connectivity index (χ2v) is 6.16. The molecule has 0 radical (unpaired) electrons. The molecule has 3 rings (SSSR count). The van der Waals surface area contributed by atoms with E-state index in [1.54, 1.807) is 24.3 Å². The lowest BCUT2D eigenvalue weighted by atomic mass is 10.1. The van der Waals surface area contributed by atoms with Gasteiger partial charge >= 0.3 is 0 Å². The quantitative estimate of drug-likeness (QED) is 0.349. The molecule has 0 amide bonds. The fourth-order valence-electron chi connectivity index (χ4n) is 2.55. The van der Waals surface area contributed by atoms with Crippen molar-refractivity contribution in [3.63, 3.8) is 0 Å². The molecule has 0 N–H and O–H groups in total. The molecule has 0 heterocycles. The first-order valence-electron chi connectivity index (χ1n) is 8.82. The zero-order valence-electron chi connectivity index (χ0n) is 15.2. The standard InChI is InChI=1S/C23H17F3N2/c1-2-3-17-14-22(25)21(23(26)15-17)13-6-16-4-9-19(10-5-16)27-28-20-11-7-18(24)8-12-20/h4-5,7-12,14-15H,2-3H2,1H3. The Labute approximate surface area is 161 Å². The maximum Gasteiger partial charge on any atom is 0.142 e. The van der Waals surface area contributed by atoms with E-state index in [9.17, 15) is 13.2 Å². The van der Waals surface area contributed by atoms with Crippen LogP contribution in [0.1, 0.15) is 30.0 Å². The SMILES string of the molecule is CCCc1cc(F)c(C#Cc2ccc(N=Nc3ccc(F)cc3)cc2)c(F)c1. The van der Waals surface area contributed by atoms with Crippen LogP contribution in [-0.4, -0.2) is 0 Å². The summed E-state index contributed by atoms with van der Waals surface area (Å²) in [5.74, 6) is 3.67. The molecule has 2 nitrogen and oxygen atoms in total. The van der Waals surface area contributed by atoms with Gasteiger partial charge in [-0.2, -0.15) is 10.2 Å². The van der Waals surface area contributed by atoms with E-state index in [4.69, 9.17) is 0 Å². The monoisotopic (exact) mass is 378 g/mol. The number of halogens is 3. The lowest BCUT2D eigenvalue weighted by molar-refractivity contribution is 0.573. The molecule has 5 heteroatoms. The summed E-state index contributed by atoms with van der Waals surface area (Å²) >= 11 is 0. The van der Waals surface area contributed by atoms with Gasteiger partial charge in [0.25, 0.3) is 0 Å². The summed E-state index contributed by atoms with van der Waals surface area (Å²) in [6.45, 7) is 1.95. The van der Waals surface area contributed by atoms with Crippen LogP contribution in [0.15, 0.2) is 70.9 Å². The van der Waals surface area contributed by atoms with Crippen LogP contribution in [0.25, 0.3) is 0 Å². The van der Waals surface area contributed by atoms with Crippen molar-refractivity contribution in [2.24, 2.45) is 10.2 Å². The van der Waals surface area contributed by atoms with Crippen LogP contribution in [0, 0.1) is 29.3 Å². The van der Waals surface area contributed by atoms with Gasteiger partial charge < -0.3 is 0 Å². The fraction of sp³-hybridized carbons (Fsp3) is 0.130. The Morgan fingerprint density at radius 1 is 0.750 bits per heavy atom. The van der Waals surface area contributed by atoms with Crippen molar-refractivity contribution in [3.05, 3.63) is 94.8 Å². The zero-order chi connectivity index (χ0) is 19.9. The third-order valence-electron chi connectivity index (χ3n) is 3.95. The van der Waals surface area contributed by atoms with E-state index in [1.807, 2.05) is 6.92 Å². The first-order valence-corrected chi connectivity index (χ1v) is 8.82. The maximum atomic E-state index is 14.1. The minimum atomic E-state index is -0.652. The van der Waals surface area contributed by atoms with Crippen LogP contribution in [-0.2, 0) is 6.42 Å². The van der Waals surface area contributed by atoms with Gasteiger partial charge in [0.2, 0.25) is 0 Å². The van der Waals surface area contributed by atoms with Gasteiger partial charge in [0.1, 0.15) is 17.5 Å². The van der Waals surface area contributed by atoms with Gasteiger partial charge in [-0.25, -0.2) is 13.2 Å². The van der Waals surface area contributed by atoms with Crippen molar-refractivity contribution in [3.8, 4) is 11.8 Å². The highest BCUT2D eigenvalue weighted by Gasteiger charge is 2.08. The molecule has 0 spiro atoms. The smallest absolute Gasteiger partial charge is 0.142 e. The van der Waals surface area contributed by atoms with E-state index in [-0.39, 0.29) is 11.4 Å². The molecule has 0 saturated heterocycles. The second-order valence-electron chi connectivity index (χ2n) is 6.16. The topological polar surface area (TPSA) is 24.7 Å². The number of rotatable bonds is 4. The number of azo groups is 1. The number of nitrogens with zero attached hydrogens (tertiary/aromatic N) is 2. The number of hydrogen-bond acceptors (Lipinski definition) is 2. The molecule has 0 atom stereocenters. The lowest BCUT2D eigenvalue weighted by Gasteiger charge is -2.02. The van der Waals surface area contributed by atoms with Crippen LogP contribution in [0.5, 0.6) is 0 Å². The molecule has 140 valence electrons. The summed E-state index contributed by atoms with van der Waals surface area (Å²) < 4.78 is 41.1. The molecule has 3 aromatic carbocycles. The second kappa shape index (κ2) is 9.01. The summed E-state index contributed by atoms with van der Waals surface area (Å²) in [6.07, 6.45) is 1.43. The van der Waals surface area contributed by atoms with Gasteiger partial charge in [0.05, 0.1) is 16.9 Å². The molecule has 0 fully saturated rings. The predicted octanol–water partition coefficient (Wildman–Crippen LogP) is 6.87. The molecule has 3 aromatic rings. The number of aryl methyl sites for hydroxylation is 1. The van der Waals surface area contributed by atoms with E-state index < -0.39 is 11.6 Å². The Balaban J connectivity index is 1.74. The first kappa shape index (κ1) is 19.4. The summed E-state index contributed by atoms with van der Waals surface area (Å²) in [5.41, 5.74) is 2.09. The molecule has 0 unspecified atom stereocenters. The molecule has 0 bridgehead atoms. The zero-order valence-corrected chi connectivity index (χ0v) is 15.2. The van der Waals surface area contributed by atoms with E-state index in [0.717, 1.165) is 6.42 Å². The Kier molecular flexibility index (Phi) is 6.23. The highest BCUT2D eigenvalue weighted by molar-refractivity contribution is 5.48. The van der Waals surface area contributed by atoms with E-state index >= 15 is 0 Å². The summed E-state index contributed by atoms with van der Waals surface area (Å²) in [6, 6.07) is 15.1. The Bertz CT molecular complexity index is 1020. The van der Waals surface area contributed by atoms with Crippen LogP contribution in [0.2, 0.25) is 0 Å². The molecule has 0 aliphatic rings. The van der Waals surface area contributed by atoms with Gasteiger partial charge in [0.15, 0.2) is 0 Å². The normalized spacial score (nSPS) is 10.7. The fourth-order valence-corrected chi connectivity index (χ4v) is 2.55. The van der Waals surface area contributed by atoms with E-state index in [1.165, 1.54) is 36.4 Å². The van der Waals surface area contributed by atoms with E-state index in [0.29, 0.717) is 28.9 Å². The molecular weight excluding hydrogens is 361 g/mol. The van der Waals surface area contributed by atoms with Crippen molar-refractivity contribution in [2.45, 2.75) is 19.8 Å². The molecule has 0 saturated carbocycles. The molecule has 0 aromatic heterocycles. The summed E-state index contributed by atoms with van der Waals surface area (Å²) in [5, 5.41) is 8.07. The average molecular weight is 378 g/mol. The van der Waals surface area contributed by atoms with Crippen molar-refractivity contribution in [1.82, 2.24) is 0 Å². The van der Waals surface area contributed by atoms with Gasteiger partial charge in [0, 0.05) is 5.56 Å². The third-order valence-corrected chi connectivity index (χ3v) is 3.95. The minimum absolute atomic E-state index is 0.236.